The van der Waals surface area contributed by atoms with Crippen molar-refractivity contribution in [1.82, 2.24) is 10.3 Å². The van der Waals surface area contributed by atoms with Crippen molar-refractivity contribution in [3.05, 3.63) is 41.3 Å². The Balaban J connectivity index is 1.43. The van der Waals surface area contributed by atoms with Crippen molar-refractivity contribution in [2.24, 2.45) is 5.73 Å². The maximum atomic E-state index is 12.5. The van der Waals surface area contributed by atoms with Crippen LogP contribution in [-0.2, 0) is 0 Å². The number of nitrogens with two attached hydrogens (primary N) is 1. The third-order valence-electron chi connectivity index (χ3n) is 4.45. The molecule has 1 fully saturated rings. The third kappa shape index (κ3) is 3.84. The summed E-state index contributed by atoms with van der Waals surface area (Å²) >= 11 is 3.02. The topological polar surface area (TPSA) is 80.0 Å². The van der Waals surface area contributed by atoms with Gasteiger partial charge in [-0.05, 0) is 43.9 Å². The van der Waals surface area contributed by atoms with Crippen molar-refractivity contribution in [2.45, 2.75) is 37.8 Å². The zero-order valence-corrected chi connectivity index (χ0v) is 15.3. The summed E-state index contributed by atoms with van der Waals surface area (Å²) in [5, 5.41) is 7.29. The molecule has 4 N–H and O–H groups in total. The van der Waals surface area contributed by atoms with E-state index in [9.17, 15) is 4.79 Å². The Morgan fingerprint density at radius 3 is 2.60 bits per heavy atom. The van der Waals surface area contributed by atoms with Gasteiger partial charge in [0.05, 0.1) is 9.58 Å². The Morgan fingerprint density at radius 1 is 1.12 bits per heavy atom. The molecule has 5 nitrogen and oxygen atoms in total. The van der Waals surface area contributed by atoms with Crippen LogP contribution in [0.4, 0.5) is 10.8 Å². The van der Waals surface area contributed by atoms with E-state index in [-0.39, 0.29) is 11.9 Å². The fraction of sp³-hybridized carbons (Fsp3) is 0.333. The molecular weight excluding hydrogens is 352 g/mol. The molecule has 2 aromatic heterocycles. The molecule has 25 heavy (non-hydrogen) atoms. The molecule has 1 aromatic carbocycles. The molecule has 0 spiro atoms. The maximum Gasteiger partial charge on any atom is 0.261 e. The first-order chi connectivity index (χ1) is 12.2. The monoisotopic (exact) mass is 372 g/mol. The summed E-state index contributed by atoms with van der Waals surface area (Å²) in [6.07, 6.45) is 3.91. The van der Waals surface area contributed by atoms with Gasteiger partial charge in [0.1, 0.15) is 4.83 Å². The highest BCUT2D eigenvalue weighted by Crippen LogP contribution is 2.34. The zero-order chi connectivity index (χ0) is 17.2. The van der Waals surface area contributed by atoms with Crippen molar-refractivity contribution in [3.8, 4) is 0 Å². The second-order valence-corrected chi connectivity index (χ2v) is 8.44. The number of carbonyl (C=O) groups excluding carboxylic acids is 1. The summed E-state index contributed by atoms with van der Waals surface area (Å²) in [6, 6.07) is 12.4. The molecule has 130 valence electrons. The number of carbonyl (C=O) groups is 1. The average Bonchev–Trinajstić information content (AvgIpc) is 3.16. The van der Waals surface area contributed by atoms with E-state index < -0.39 is 0 Å². The molecule has 0 radical (unpaired) electrons. The number of thiophene rings is 1. The largest absolute Gasteiger partial charge is 0.349 e. The zero-order valence-electron chi connectivity index (χ0n) is 13.7. The predicted molar refractivity (Wildman–Crippen MR) is 105 cm³/mol. The SMILES string of the molecule is NC1CCC(NC(=O)c2cc3sc(Nc4ccccc4)nc3s2)CC1. The van der Waals surface area contributed by atoms with Crippen LogP contribution in [0.15, 0.2) is 36.4 Å². The molecule has 1 saturated carbocycles. The molecule has 0 bridgehead atoms. The average molecular weight is 373 g/mol. The fourth-order valence-electron chi connectivity index (χ4n) is 3.07. The van der Waals surface area contributed by atoms with Gasteiger partial charge in [-0.2, -0.15) is 0 Å². The molecule has 0 unspecified atom stereocenters. The fourth-order valence-corrected chi connectivity index (χ4v) is 5.10. The molecule has 3 aromatic rings. The van der Waals surface area contributed by atoms with Crippen LogP contribution < -0.4 is 16.4 Å². The number of hydrogen-bond donors (Lipinski definition) is 3. The van der Waals surface area contributed by atoms with Gasteiger partial charge < -0.3 is 16.4 Å². The lowest BCUT2D eigenvalue weighted by Crippen LogP contribution is -2.40. The molecule has 0 aliphatic heterocycles. The Labute approximate surface area is 154 Å². The van der Waals surface area contributed by atoms with Gasteiger partial charge in [-0.15, -0.1) is 11.3 Å². The van der Waals surface area contributed by atoms with Crippen molar-refractivity contribution >= 4 is 48.9 Å². The number of thiazole rings is 1. The lowest BCUT2D eigenvalue weighted by Gasteiger charge is -2.26. The van der Waals surface area contributed by atoms with Crippen LogP contribution in [0.25, 0.3) is 9.53 Å². The van der Waals surface area contributed by atoms with Gasteiger partial charge in [0.15, 0.2) is 5.13 Å². The highest BCUT2D eigenvalue weighted by molar-refractivity contribution is 7.29. The lowest BCUT2D eigenvalue weighted by molar-refractivity contribution is 0.0930. The van der Waals surface area contributed by atoms with Crippen molar-refractivity contribution in [2.75, 3.05) is 5.32 Å². The molecule has 2 heterocycles. The Hall–Kier alpha value is -1.96. The highest BCUT2D eigenvalue weighted by atomic mass is 32.1. The van der Waals surface area contributed by atoms with Crippen LogP contribution >= 0.6 is 22.7 Å². The van der Waals surface area contributed by atoms with Gasteiger partial charge >= 0.3 is 0 Å². The standard InChI is InChI=1S/C18H20N4OS2/c19-11-6-8-13(9-7-11)20-16(23)14-10-15-17(24-14)22-18(25-15)21-12-4-2-1-3-5-12/h1-5,10-11,13H,6-9,19H2,(H,20,23)(H,21,22). The number of para-hydroxylation sites is 1. The first-order valence-electron chi connectivity index (χ1n) is 8.46. The third-order valence-corrected chi connectivity index (χ3v) is 6.52. The smallest absolute Gasteiger partial charge is 0.261 e. The van der Waals surface area contributed by atoms with Crippen LogP contribution in [0.1, 0.15) is 35.4 Å². The van der Waals surface area contributed by atoms with Crippen LogP contribution in [0.2, 0.25) is 0 Å². The molecular formula is C18H20N4OS2. The van der Waals surface area contributed by atoms with Crippen LogP contribution in [0.3, 0.4) is 0 Å². The van der Waals surface area contributed by atoms with E-state index in [2.05, 4.69) is 15.6 Å². The molecule has 4 rings (SSSR count). The van der Waals surface area contributed by atoms with Crippen molar-refractivity contribution in [1.29, 1.82) is 0 Å². The molecule has 0 saturated heterocycles. The number of hydrogen-bond acceptors (Lipinski definition) is 6. The van der Waals surface area contributed by atoms with Crippen LogP contribution in [0, 0.1) is 0 Å². The van der Waals surface area contributed by atoms with Gasteiger partial charge in [-0.1, -0.05) is 29.5 Å². The van der Waals surface area contributed by atoms with Gasteiger partial charge in [0, 0.05) is 17.8 Å². The molecule has 7 heteroatoms. The summed E-state index contributed by atoms with van der Waals surface area (Å²) < 4.78 is 1.04. The number of nitrogens with one attached hydrogen (secondary N) is 2. The Bertz CT molecular complexity index is 834. The minimum absolute atomic E-state index is 0.00763. The second kappa shape index (κ2) is 7.11. The Morgan fingerprint density at radius 2 is 1.88 bits per heavy atom. The molecule has 1 aliphatic rings. The molecule has 1 amide bonds. The Kier molecular flexibility index (Phi) is 4.70. The minimum atomic E-state index is 0.00763. The summed E-state index contributed by atoms with van der Waals surface area (Å²) in [4.78, 5) is 18.7. The van der Waals surface area contributed by atoms with Gasteiger partial charge in [-0.3, -0.25) is 4.79 Å². The van der Waals surface area contributed by atoms with E-state index in [0.29, 0.717) is 6.04 Å². The summed E-state index contributed by atoms with van der Waals surface area (Å²) in [7, 11) is 0. The van der Waals surface area contributed by atoms with Crippen molar-refractivity contribution in [3.63, 3.8) is 0 Å². The molecule has 0 atom stereocenters. The van der Waals surface area contributed by atoms with E-state index in [1.54, 1.807) is 11.3 Å². The van der Waals surface area contributed by atoms with Crippen LogP contribution in [-0.4, -0.2) is 23.0 Å². The van der Waals surface area contributed by atoms with E-state index in [1.165, 1.54) is 11.3 Å². The summed E-state index contributed by atoms with van der Waals surface area (Å²) in [5.74, 6) is 0.00763. The van der Waals surface area contributed by atoms with E-state index in [1.807, 2.05) is 36.4 Å². The number of fused-ring (bicyclic) bond motifs is 1. The maximum absolute atomic E-state index is 12.5. The van der Waals surface area contributed by atoms with Gasteiger partial charge in [0.25, 0.3) is 5.91 Å². The normalized spacial score (nSPS) is 20.5. The highest BCUT2D eigenvalue weighted by Gasteiger charge is 2.22. The molecule has 1 aliphatic carbocycles. The summed E-state index contributed by atoms with van der Waals surface area (Å²) in [5.41, 5.74) is 6.93. The second-order valence-electron chi connectivity index (χ2n) is 6.38. The van der Waals surface area contributed by atoms with E-state index in [0.717, 1.165) is 50.9 Å². The van der Waals surface area contributed by atoms with E-state index >= 15 is 0 Å². The number of nitrogens with zero attached hydrogens (tertiary/aromatic N) is 1. The van der Waals surface area contributed by atoms with E-state index in [4.69, 9.17) is 5.73 Å². The first-order valence-corrected chi connectivity index (χ1v) is 10.1. The minimum Gasteiger partial charge on any atom is -0.349 e. The first kappa shape index (κ1) is 16.5. The quantitative estimate of drug-likeness (QED) is 0.644. The number of benzene rings is 1. The number of amides is 1. The predicted octanol–water partition coefficient (Wildman–Crippen LogP) is 4.10. The number of rotatable bonds is 4. The van der Waals surface area contributed by atoms with Gasteiger partial charge in [0.2, 0.25) is 0 Å². The number of aromatic nitrogens is 1. The van der Waals surface area contributed by atoms with Crippen molar-refractivity contribution < 1.29 is 4.79 Å². The van der Waals surface area contributed by atoms with Gasteiger partial charge in [-0.25, -0.2) is 4.98 Å². The summed E-state index contributed by atoms with van der Waals surface area (Å²) in [6.45, 7) is 0. The lowest BCUT2D eigenvalue weighted by atomic mass is 9.92. The number of anilines is 2. The van der Waals surface area contributed by atoms with Crippen LogP contribution in [0.5, 0.6) is 0 Å².